The van der Waals surface area contributed by atoms with Gasteiger partial charge in [0.2, 0.25) is 0 Å². The molecule has 0 aliphatic rings. The van der Waals surface area contributed by atoms with Gasteiger partial charge in [-0.25, -0.2) is 4.79 Å². The number of nitrogens with one attached hydrogen (secondary N) is 2. The number of hydrogen-bond acceptors (Lipinski definition) is 2. The summed E-state index contributed by atoms with van der Waals surface area (Å²) in [5, 5.41) is 15.1. The molecule has 0 spiro atoms. The molecule has 4 nitrogen and oxygen atoms in total. The molecule has 2 amide bonds. The van der Waals surface area contributed by atoms with Gasteiger partial charge in [-0.15, -0.1) is 0 Å². The molecule has 0 fully saturated rings. The van der Waals surface area contributed by atoms with Gasteiger partial charge in [-0.2, -0.15) is 0 Å². The number of aromatic hydroxyl groups is 1. The second kappa shape index (κ2) is 7.09. The zero-order chi connectivity index (χ0) is 17.8. The fourth-order valence-electron chi connectivity index (χ4n) is 2.56. The Morgan fingerprint density at radius 2 is 1.40 bits per heavy atom. The number of anilines is 2. The molecule has 126 valence electrons. The minimum Gasteiger partial charge on any atom is -0.508 e. The summed E-state index contributed by atoms with van der Waals surface area (Å²) >= 11 is 0. The van der Waals surface area contributed by atoms with E-state index in [9.17, 15) is 9.90 Å². The fourth-order valence-corrected chi connectivity index (χ4v) is 2.56. The highest BCUT2D eigenvalue weighted by molar-refractivity contribution is 6.00. The highest BCUT2D eigenvalue weighted by Gasteiger charge is 2.06. The van der Waals surface area contributed by atoms with Crippen molar-refractivity contribution < 1.29 is 9.90 Å². The molecule has 0 atom stereocenters. The van der Waals surface area contributed by atoms with Crippen LogP contribution in [0.4, 0.5) is 16.2 Å². The monoisotopic (exact) mass is 332 g/mol. The highest BCUT2D eigenvalue weighted by atomic mass is 16.3. The standard InChI is InChI=1S/C21H20N2O2/c1-14-3-4-15(2)20(13-14)23-21(25)22-18-9-5-16(6-10-18)17-7-11-19(24)12-8-17/h3-13,24H,1-2H3,(H2,22,23,25). The third-order valence-corrected chi connectivity index (χ3v) is 3.98. The fraction of sp³-hybridized carbons (Fsp3) is 0.0952. The molecule has 0 aliphatic carbocycles. The van der Waals surface area contributed by atoms with E-state index in [4.69, 9.17) is 0 Å². The topological polar surface area (TPSA) is 61.4 Å². The minimum absolute atomic E-state index is 0.241. The first kappa shape index (κ1) is 16.6. The summed E-state index contributed by atoms with van der Waals surface area (Å²) in [6.07, 6.45) is 0. The van der Waals surface area contributed by atoms with E-state index in [1.165, 1.54) is 0 Å². The number of carbonyl (C=O) groups excluding carboxylic acids is 1. The number of hydrogen-bond donors (Lipinski definition) is 3. The van der Waals surface area contributed by atoms with E-state index in [1.54, 1.807) is 12.1 Å². The van der Waals surface area contributed by atoms with Crippen LogP contribution in [0.2, 0.25) is 0 Å². The minimum atomic E-state index is -0.272. The second-order valence-electron chi connectivity index (χ2n) is 6.02. The average Bonchev–Trinajstić information content (AvgIpc) is 2.59. The first-order valence-corrected chi connectivity index (χ1v) is 8.06. The van der Waals surface area contributed by atoms with E-state index < -0.39 is 0 Å². The summed E-state index contributed by atoms with van der Waals surface area (Å²) in [6, 6.07) is 20.2. The maximum atomic E-state index is 12.2. The predicted molar refractivity (Wildman–Crippen MR) is 102 cm³/mol. The molecule has 0 radical (unpaired) electrons. The molecule has 3 N–H and O–H groups in total. The molecule has 25 heavy (non-hydrogen) atoms. The Hall–Kier alpha value is -3.27. The van der Waals surface area contributed by atoms with E-state index >= 15 is 0 Å². The van der Waals surface area contributed by atoms with E-state index in [2.05, 4.69) is 10.6 Å². The van der Waals surface area contributed by atoms with Gasteiger partial charge in [-0.1, -0.05) is 36.4 Å². The summed E-state index contributed by atoms with van der Waals surface area (Å²) in [5.41, 5.74) is 5.65. The third-order valence-electron chi connectivity index (χ3n) is 3.98. The SMILES string of the molecule is Cc1ccc(C)c(NC(=O)Nc2ccc(-c3ccc(O)cc3)cc2)c1. The van der Waals surface area contributed by atoms with Crippen LogP contribution in [0.3, 0.4) is 0 Å². The molecule has 0 heterocycles. The van der Waals surface area contributed by atoms with Crippen LogP contribution < -0.4 is 10.6 Å². The molecule has 0 bridgehead atoms. The van der Waals surface area contributed by atoms with Gasteiger partial charge in [0, 0.05) is 11.4 Å². The first-order chi connectivity index (χ1) is 12.0. The molecular formula is C21H20N2O2. The highest BCUT2D eigenvalue weighted by Crippen LogP contribution is 2.23. The van der Waals surface area contributed by atoms with Gasteiger partial charge in [-0.05, 0) is 66.4 Å². The van der Waals surface area contributed by atoms with Gasteiger partial charge >= 0.3 is 6.03 Å². The van der Waals surface area contributed by atoms with Crippen molar-refractivity contribution in [1.29, 1.82) is 0 Å². The largest absolute Gasteiger partial charge is 0.508 e. The van der Waals surface area contributed by atoms with Crippen LogP contribution >= 0.6 is 0 Å². The molecular weight excluding hydrogens is 312 g/mol. The van der Waals surface area contributed by atoms with Crippen molar-refractivity contribution in [3.05, 3.63) is 77.9 Å². The Bertz CT molecular complexity index is 885. The van der Waals surface area contributed by atoms with Gasteiger partial charge in [0.25, 0.3) is 0 Å². The van der Waals surface area contributed by atoms with Gasteiger partial charge in [0.1, 0.15) is 5.75 Å². The summed E-state index contributed by atoms with van der Waals surface area (Å²) in [4.78, 5) is 12.2. The third kappa shape index (κ3) is 4.18. The maximum Gasteiger partial charge on any atom is 0.323 e. The number of amides is 2. The van der Waals surface area contributed by atoms with Crippen molar-refractivity contribution in [2.45, 2.75) is 13.8 Å². The smallest absolute Gasteiger partial charge is 0.323 e. The zero-order valence-corrected chi connectivity index (χ0v) is 14.2. The summed E-state index contributed by atoms with van der Waals surface area (Å²) in [5.74, 6) is 0.241. The number of carbonyl (C=O) groups is 1. The van der Waals surface area contributed by atoms with E-state index in [1.807, 2.05) is 68.4 Å². The number of aryl methyl sites for hydroxylation is 2. The Kier molecular flexibility index (Phi) is 4.70. The van der Waals surface area contributed by atoms with Crippen LogP contribution in [0.5, 0.6) is 5.75 Å². The molecule has 0 saturated carbocycles. The number of phenolic OH excluding ortho intramolecular Hbond substituents is 1. The Morgan fingerprint density at radius 1 is 0.800 bits per heavy atom. The van der Waals surface area contributed by atoms with Crippen molar-refractivity contribution in [1.82, 2.24) is 0 Å². The van der Waals surface area contributed by atoms with Crippen molar-refractivity contribution in [3.63, 3.8) is 0 Å². The van der Waals surface area contributed by atoms with Crippen LogP contribution in [0, 0.1) is 13.8 Å². The van der Waals surface area contributed by atoms with Gasteiger partial charge < -0.3 is 15.7 Å². The van der Waals surface area contributed by atoms with Crippen LogP contribution in [0.25, 0.3) is 11.1 Å². The molecule has 3 rings (SSSR count). The van der Waals surface area contributed by atoms with Crippen molar-refractivity contribution in [2.75, 3.05) is 10.6 Å². The summed E-state index contributed by atoms with van der Waals surface area (Å²) in [6.45, 7) is 3.95. The molecule has 3 aromatic rings. The molecule has 3 aromatic carbocycles. The van der Waals surface area contributed by atoms with Crippen LogP contribution in [0.1, 0.15) is 11.1 Å². The average molecular weight is 332 g/mol. The summed E-state index contributed by atoms with van der Waals surface area (Å²) < 4.78 is 0. The lowest BCUT2D eigenvalue weighted by Crippen LogP contribution is -2.20. The molecule has 4 heteroatoms. The van der Waals surface area contributed by atoms with Crippen molar-refractivity contribution in [2.24, 2.45) is 0 Å². The normalized spacial score (nSPS) is 10.3. The quantitative estimate of drug-likeness (QED) is 0.608. The molecule has 0 aromatic heterocycles. The molecule has 0 saturated heterocycles. The lowest BCUT2D eigenvalue weighted by molar-refractivity contribution is 0.262. The number of urea groups is 1. The van der Waals surface area contributed by atoms with Crippen molar-refractivity contribution >= 4 is 17.4 Å². The van der Waals surface area contributed by atoms with Gasteiger partial charge in [0.05, 0.1) is 0 Å². The van der Waals surface area contributed by atoms with Gasteiger partial charge in [-0.3, -0.25) is 0 Å². The number of phenols is 1. The van der Waals surface area contributed by atoms with E-state index in [0.717, 1.165) is 27.9 Å². The zero-order valence-electron chi connectivity index (χ0n) is 14.2. The molecule has 0 unspecified atom stereocenters. The number of rotatable bonds is 3. The Balaban J connectivity index is 1.67. The predicted octanol–water partition coefficient (Wildman–Crippen LogP) is 5.32. The lowest BCUT2D eigenvalue weighted by Gasteiger charge is -2.11. The lowest BCUT2D eigenvalue weighted by atomic mass is 10.1. The van der Waals surface area contributed by atoms with Crippen LogP contribution in [0.15, 0.2) is 66.7 Å². The van der Waals surface area contributed by atoms with E-state index in [0.29, 0.717) is 5.69 Å². The van der Waals surface area contributed by atoms with Crippen molar-refractivity contribution in [3.8, 4) is 16.9 Å². The second-order valence-corrected chi connectivity index (χ2v) is 6.02. The molecule has 0 aliphatic heterocycles. The van der Waals surface area contributed by atoms with Crippen LogP contribution in [-0.4, -0.2) is 11.1 Å². The Labute approximate surface area is 147 Å². The number of benzene rings is 3. The summed E-state index contributed by atoms with van der Waals surface area (Å²) in [7, 11) is 0. The maximum absolute atomic E-state index is 12.2. The van der Waals surface area contributed by atoms with E-state index in [-0.39, 0.29) is 11.8 Å². The van der Waals surface area contributed by atoms with Crippen LogP contribution in [-0.2, 0) is 0 Å². The van der Waals surface area contributed by atoms with Gasteiger partial charge in [0.15, 0.2) is 0 Å². The first-order valence-electron chi connectivity index (χ1n) is 8.06. The Morgan fingerprint density at radius 3 is 2.04 bits per heavy atom.